The summed E-state index contributed by atoms with van der Waals surface area (Å²) in [5.74, 6) is 0.875. The quantitative estimate of drug-likeness (QED) is 0.698. The van der Waals surface area contributed by atoms with Crippen LogP contribution < -0.4 is 5.32 Å². The molecule has 0 radical (unpaired) electrons. The van der Waals surface area contributed by atoms with E-state index in [-0.39, 0.29) is 0 Å². The molecule has 0 atom stereocenters. The smallest absolute Gasteiger partial charge is 0.129 e. The van der Waals surface area contributed by atoms with Gasteiger partial charge in [0.2, 0.25) is 0 Å². The van der Waals surface area contributed by atoms with E-state index in [1.165, 1.54) is 0 Å². The third-order valence-electron chi connectivity index (χ3n) is 1.84. The molecule has 1 rings (SSSR count). The molecule has 0 amide bonds. The summed E-state index contributed by atoms with van der Waals surface area (Å²) >= 11 is 0. The summed E-state index contributed by atoms with van der Waals surface area (Å²) in [6.45, 7) is 3.60. The van der Waals surface area contributed by atoms with Crippen molar-refractivity contribution in [3.8, 4) is 0 Å². The van der Waals surface area contributed by atoms with Gasteiger partial charge in [0.15, 0.2) is 0 Å². The summed E-state index contributed by atoms with van der Waals surface area (Å²) in [6.07, 6.45) is 3.70. The van der Waals surface area contributed by atoms with Crippen molar-refractivity contribution in [1.29, 1.82) is 0 Å². The van der Waals surface area contributed by atoms with Gasteiger partial charge in [-0.05, 0) is 6.42 Å². The van der Waals surface area contributed by atoms with Crippen LogP contribution in [0, 0.1) is 0 Å². The second kappa shape index (κ2) is 6.32. The molecular formula is C10H17N3O. The minimum Gasteiger partial charge on any atom is -0.383 e. The second-order valence-electron chi connectivity index (χ2n) is 3.06. The molecule has 14 heavy (non-hydrogen) atoms. The summed E-state index contributed by atoms with van der Waals surface area (Å²) < 4.78 is 4.94. The van der Waals surface area contributed by atoms with E-state index in [1.807, 2.05) is 6.07 Å². The molecule has 78 valence electrons. The van der Waals surface area contributed by atoms with E-state index in [1.54, 1.807) is 13.4 Å². The number of nitrogens with one attached hydrogen (secondary N) is 1. The molecule has 1 N–H and O–H groups in total. The van der Waals surface area contributed by atoms with Crippen molar-refractivity contribution < 1.29 is 4.74 Å². The lowest BCUT2D eigenvalue weighted by Gasteiger charge is -2.05. The number of hydrogen-bond donors (Lipinski definition) is 1. The van der Waals surface area contributed by atoms with E-state index >= 15 is 0 Å². The standard InChI is InChI=1S/C10H17N3O/c1-3-4-9-7-10(13-8-12-9)11-5-6-14-2/h7-8H,3-6H2,1-2H3,(H,11,12,13). The Kier molecular flexibility index (Phi) is 4.93. The van der Waals surface area contributed by atoms with Crippen LogP contribution in [0.4, 0.5) is 5.82 Å². The van der Waals surface area contributed by atoms with Crippen LogP contribution in [-0.4, -0.2) is 30.2 Å². The minimum absolute atomic E-state index is 0.688. The van der Waals surface area contributed by atoms with Crippen LogP contribution in [0.5, 0.6) is 0 Å². The van der Waals surface area contributed by atoms with Gasteiger partial charge in [0.25, 0.3) is 0 Å². The Morgan fingerprint density at radius 1 is 1.43 bits per heavy atom. The van der Waals surface area contributed by atoms with Gasteiger partial charge in [0, 0.05) is 25.4 Å². The van der Waals surface area contributed by atoms with Gasteiger partial charge in [-0.3, -0.25) is 0 Å². The van der Waals surface area contributed by atoms with Gasteiger partial charge < -0.3 is 10.1 Å². The highest BCUT2D eigenvalue weighted by Crippen LogP contribution is 2.05. The summed E-state index contributed by atoms with van der Waals surface area (Å²) in [6, 6.07) is 1.99. The van der Waals surface area contributed by atoms with Crippen molar-refractivity contribution in [2.75, 3.05) is 25.6 Å². The predicted octanol–water partition coefficient (Wildman–Crippen LogP) is 1.49. The third kappa shape index (κ3) is 3.70. The van der Waals surface area contributed by atoms with E-state index in [9.17, 15) is 0 Å². The molecule has 1 aromatic rings. The Bertz CT molecular complexity index is 265. The van der Waals surface area contributed by atoms with Gasteiger partial charge in [0.1, 0.15) is 12.1 Å². The number of hydrogen-bond acceptors (Lipinski definition) is 4. The number of rotatable bonds is 6. The van der Waals surface area contributed by atoms with Gasteiger partial charge in [-0.25, -0.2) is 9.97 Å². The SMILES string of the molecule is CCCc1cc(NCCOC)ncn1. The summed E-state index contributed by atoms with van der Waals surface area (Å²) in [4.78, 5) is 8.29. The first-order chi connectivity index (χ1) is 6.86. The van der Waals surface area contributed by atoms with E-state index in [4.69, 9.17) is 4.74 Å². The van der Waals surface area contributed by atoms with Gasteiger partial charge >= 0.3 is 0 Å². The molecule has 1 heterocycles. The molecule has 0 aliphatic rings. The van der Waals surface area contributed by atoms with Crippen LogP contribution in [0.3, 0.4) is 0 Å². The highest BCUT2D eigenvalue weighted by Gasteiger charge is 1.96. The number of ether oxygens (including phenoxy) is 1. The molecule has 0 aliphatic carbocycles. The number of methoxy groups -OCH3 is 1. The third-order valence-corrected chi connectivity index (χ3v) is 1.84. The Labute approximate surface area is 84.7 Å². The Morgan fingerprint density at radius 2 is 2.29 bits per heavy atom. The molecule has 0 spiro atoms. The number of anilines is 1. The topological polar surface area (TPSA) is 47.0 Å². The summed E-state index contributed by atoms with van der Waals surface area (Å²) in [5.41, 5.74) is 1.09. The molecule has 0 unspecified atom stereocenters. The van der Waals surface area contributed by atoms with Gasteiger partial charge in [0.05, 0.1) is 6.61 Å². The second-order valence-corrected chi connectivity index (χ2v) is 3.06. The minimum atomic E-state index is 0.688. The number of nitrogens with zero attached hydrogens (tertiary/aromatic N) is 2. The molecule has 0 aromatic carbocycles. The van der Waals surface area contributed by atoms with Gasteiger partial charge in [-0.2, -0.15) is 0 Å². The molecular weight excluding hydrogens is 178 g/mol. The molecule has 0 fully saturated rings. The van der Waals surface area contributed by atoms with Crippen molar-refractivity contribution in [3.63, 3.8) is 0 Å². The maximum Gasteiger partial charge on any atom is 0.129 e. The predicted molar refractivity (Wildman–Crippen MR) is 56.4 cm³/mol. The van der Waals surface area contributed by atoms with Gasteiger partial charge in [-0.1, -0.05) is 13.3 Å². The van der Waals surface area contributed by atoms with Crippen molar-refractivity contribution in [1.82, 2.24) is 9.97 Å². The fourth-order valence-electron chi connectivity index (χ4n) is 1.17. The lowest BCUT2D eigenvalue weighted by Crippen LogP contribution is -2.09. The highest BCUT2D eigenvalue weighted by atomic mass is 16.5. The van der Waals surface area contributed by atoms with Crippen LogP contribution >= 0.6 is 0 Å². The van der Waals surface area contributed by atoms with E-state index in [0.29, 0.717) is 6.61 Å². The Balaban J connectivity index is 2.46. The fourth-order valence-corrected chi connectivity index (χ4v) is 1.17. The molecule has 0 aliphatic heterocycles. The van der Waals surface area contributed by atoms with Gasteiger partial charge in [-0.15, -0.1) is 0 Å². The first kappa shape index (κ1) is 10.9. The number of aryl methyl sites for hydroxylation is 1. The summed E-state index contributed by atoms with van der Waals surface area (Å²) in [7, 11) is 1.68. The van der Waals surface area contributed by atoms with E-state index in [2.05, 4.69) is 22.2 Å². The lowest BCUT2D eigenvalue weighted by molar-refractivity contribution is 0.210. The Morgan fingerprint density at radius 3 is 3.00 bits per heavy atom. The molecule has 0 saturated carbocycles. The van der Waals surface area contributed by atoms with Crippen molar-refractivity contribution in [2.45, 2.75) is 19.8 Å². The highest BCUT2D eigenvalue weighted by molar-refractivity contribution is 5.34. The van der Waals surface area contributed by atoms with E-state index in [0.717, 1.165) is 30.9 Å². The molecule has 0 bridgehead atoms. The fraction of sp³-hybridized carbons (Fsp3) is 0.600. The monoisotopic (exact) mass is 195 g/mol. The lowest BCUT2D eigenvalue weighted by atomic mass is 10.2. The largest absolute Gasteiger partial charge is 0.383 e. The average molecular weight is 195 g/mol. The van der Waals surface area contributed by atoms with Crippen LogP contribution in [-0.2, 0) is 11.2 Å². The molecule has 4 heteroatoms. The molecule has 0 saturated heterocycles. The zero-order valence-electron chi connectivity index (χ0n) is 8.79. The number of aromatic nitrogens is 2. The maximum absolute atomic E-state index is 4.94. The van der Waals surface area contributed by atoms with Crippen LogP contribution in [0.1, 0.15) is 19.0 Å². The zero-order valence-corrected chi connectivity index (χ0v) is 8.79. The first-order valence-corrected chi connectivity index (χ1v) is 4.90. The molecule has 4 nitrogen and oxygen atoms in total. The van der Waals surface area contributed by atoms with Crippen LogP contribution in [0.2, 0.25) is 0 Å². The van der Waals surface area contributed by atoms with Crippen LogP contribution in [0.25, 0.3) is 0 Å². The summed E-state index contributed by atoms with van der Waals surface area (Å²) in [5, 5.41) is 3.17. The normalized spacial score (nSPS) is 10.1. The average Bonchev–Trinajstić information content (AvgIpc) is 2.19. The zero-order chi connectivity index (χ0) is 10.2. The van der Waals surface area contributed by atoms with Crippen molar-refractivity contribution >= 4 is 5.82 Å². The van der Waals surface area contributed by atoms with E-state index < -0.39 is 0 Å². The maximum atomic E-state index is 4.94. The first-order valence-electron chi connectivity index (χ1n) is 4.90. The van der Waals surface area contributed by atoms with Crippen molar-refractivity contribution in [2.24, 2.45) is 0 Å². The Hall–Kier alpha value is -1.16. The van der Waals surface area contributed by atoms with Crippen molar-refractivity contribution in [3.05, 3.63) is 18.1 Å². The molecule has 1 aromatic heterocycles. The van der Waals surface area contributed by atoms with Crippen LogP contribution in [0.15, 0.2) is 12.4 Å².